The van der Waals surface area contributed by atoms with Crippen molar-refractivity contribution in [2.75, 3.05) is 0 Å². The van der Waals surface area contributed by atoms with Crippen LogP contribution in [0.3, 0.4) is 0 Å². The number of hydrogen-bond donors (Lipinski definition) is 2. The number of nitrogens with zero attached hydrogens (tertiary/aromatic N) is 1. The minimum absolute atomic E-state index is 0.278. The molecule has 0 unspecified atom stereocenters. The standard InChI is InChI=1S/C15H16N2O/c1-9-4-11(6-12(18)5-9)15-3-2-10(8-17-15)13-7-14(13)16/h2-6,8,13-14,18H,7,16H2,1H3/t13-,14+/m1/s1. The van der Waals surface area contributed by atoms with Crippen LogP contribution in [0.4, 0.5) is 0 Å². The molecule has 1 heterocycles. The van der Waals surface area contributed by atoms with Gasteiger partial charge in [0.25, 0.3) is 0 Å². The average molecular weight is 240 g/mol. The largest absolute Gasteiger partial charge is 0.508 e. The second-order valence-corrected chi connectivity index (χ2v) is 5.04. The molecule has 2 atom stereocenters. The lowest BCUT2D eigenvalue weighted by atomic mass is 10.1. The van der Waals surface area contributed by atoms with E-state index in [4.69, 9.17) is 5.73 Å². The third kappa shape index (κ3) is 2.09. The lowest BCUT2D eigenvalue weighted by Gasteiger charge is -2.05. The summed E-state index contributed by atoms with van der Waals surface area (Å²) in [5.74, 6) is 0.762. The van der Waals surface area contributed by atoms with Crippen LogP contribution < -0.4 is 5.73 Å². The molecule has 1 aliphatic carbocycles. The molecule has 1 saturated carbocycles. The second kappa shape index (κ2) is 4.10. The van der Waals surface area contributed by atoms with Crippen LogP contribution in [0.5, 0.6) is 5.75 Å². The number of phenols is 1. The Hall–Kier alpha value is -1.87. The van der Waals surface area contributed by atoms with Crippen molar-refractivity contribution in [1.82, 2.24) is 4.98 Å². The van der Waals surface area contributed by atoms with Crippen LogP contribution in [0.25, 0.3) is 11.3 Å². The fraction of sp³-hybridized carbons (Fsp3) is 0.267. The molecule has 92 valence electrons. The quantitative estimate of drug-likeness (QED) is 0.848. The molecule has 3 nitrogen and oxygen atoms in total. The maximum Gasteiger partial charge on any atom is 0.116 e. The van der Waals surface area contributed by atoms with Gasteiger partial charge < -0.3 is 10.8 Å². The van der Waals surface area contributed by atoms with Crippen LogP contribution in [0.15, 0.2) is 36.5 Å². The first-order valence-electron chi connectivity index (χ1n) is 6.16. The first-order chi connectivity index (χ1) is 8.63. The number of hydrogen-bond acceptors (Lipinski definition) is 3. The third-order valence-corrected chi connectivity index (χ3v) is 3.41. The van der Waals surface area contributed by atoms with Crippen LogP contribution in [0, 0.1) is 6.92 Å². The molecule has 3 heteroatoms. The monoisotopic (exact) mass is 240 g/mol. The molecule has 3 N–H and O–H groups in total. The molecule has 0 saturated heterocycles. The summed E-state index contributed by atoms with van der Waals surface area (Å²) < 4.78 is 0. The van der Waals surface area contributed by atoms with Crippen molar-refractivity contribution in [2.24, 2.45) is 5.73 Å². The minimum atomic E-state index is 0.278. The Morgan fingerprint density at radius 2 is 2.06 bits per heavy atom. The molecule has 1 aromatic carbocycles. The molecular formula is C15H16N2O. The van der Waals surface area contributed by atoms with E-state index in [9.17, 15) is 5.11 Å². The van der Waals surface area contributed by atoms with Crippen LogP contribution in [0.2, 0.25) is 0 Å². The van der Waals surface area contributed by atoms with Crippen molar-refractivity contribution in [3.8, 4) is 17.0 Å². The highest BCUT2D eigenvalue weighted by atomic mass is 16.3. The molecule has 1 aliphatic rings. The Kier molecular flexibility index (Phi) is 2.56. The number of pyridine rings is 1. The average Bonchev–Trinajstić information content (AvgIpc) is 3.05. The van der Waals surface area contributed by atoms with Gasteiger partial charge in [0, 0.05) is 23.7 Å². The summed E-state index contributed by atoms with van der Waals surface area (Å²) >= 11 is 0. The van der Waals surface area contributed by atoms with Gasteiger partial charge in [-0.25, -0.2) is 0 Å². The predicted molar refractivity (Wildman–Crippen MR) is 71.4 cm³/mol. The Bertz CT molecular complexity index is 557. The van der Waals surface area contributed by atoms with Gasteiger partial charge in [-0.2, -0.15) is 0 Å². The topological polar surface area (TPSA) is 59.1 Å². The van der Waals surface area contributed by atoms with Crippen molar-refractivity contribution < 1.29 is 5.11 Å². The normalized spacial score (nSPS) is 21.9. The van der Waals surface area contributed by atoms with E-state index in [-0.39, 0.29) is 5.75 Å². The molecule has 1 fully saturated rings. The van der Waals surface area contributed by atoms with Crippen molar-refractivity contribution >= 4 is 0 Å². The molecule has 0 bridgehead atoms. The zero-order valence-corrected chi connectivity index (χ0v) is 10.3. The van der Waals surface area contributed by atoms with Gasteiger partial charge in [0.15, 0.2) is 0 Å². The van der Waals surface area contributed by atoms with Gasteiger partial charge in [-0.05, 0) is 48.7 Å². The van der Waals surface area contributed by atoms with E-state index in [1.165, 1.54) is 5.56 Å². The number of rotatable bonds is 2. The maximum atomic E-state index is 9.60. The number of benzene rings is 1. The maximum absolute atomic E-state index is 9.60. The third-order valence-electron chi connectivity index (χ3n) is 3.41. The number of phenolic OH excluding ortho intramolecular Hbond substituents is 1. The predicted octanol–water partition coefficient (Wildman–Crippen LogP) is 2.58. The number of aromatic nitrogens is 1. The lowest BCUT2D eigenvalue weighted by Crippen LogP contribution is -2.01. The highest BCUT2D eigenvalue weighted by Gasteiger charge is 2.34. The lowest BCUT2D eigenvalue weighted by molar-refractivity contribution is 0.475. The van der Waals surface area contributed by atoms with E-state index in [1.54, 1.807) is 12.1 Å². The Morgan fingerprint density at radius 3 is 2.61 bits per heavy atom. The molecule has 0 spiro atoms. The molecule has 18 heavy (non-hydrogen) atoms. The number of aryl methyl sites for hydroxylation is 1. The molecule has 3 rings (SSSR count). The van der Waals surface area contributed by atoms with Crippen LogP contribution in [-0.2, 0) is 0 Å². The van der Waals surface area contributed by atoms with Crippen molar-refractivity contribution in [3.05, 3.63) is 47.7 Å². The van der Waals surface area contributed by atoms with E-state index in [0.29, 0.717) is 12.0 Å². The van der Waals surface area contributed by atoms with Gasteiger partial charge >= 0.3 is 0 Å². The smallest absolute Gasteiger partial charge is 0.116 e. The van der Waals surface area contributed by atoms with E-state index in [2.05, 4.69) is 11.1 Å². The zero-order chi connectivity index (χ0) is 12.7. The first-order valence-corrected chi connectivity index (χ1v) is 6.16. The molecule has 2 aromatic rings. The van der Waals surface area contributed by atoms with Crippen molar-refractivity contribution in [1.29, 1.82) is 0 Å². The fourth-order valence-electron chi connectivity index (χ4n) is 2.30. The molecule has 0 radical (unpaired) electrons. The fourth-order valence-corrected chi connectivity index (χ4v) is 2.30. The van der Waals surface area contributed by atoms with Gasteiger partial charge in [0.05, 0.1) is 5.69 Å². The SMILES string of the molecule is Cc1cc(O)cc(-c2ccc([C@H]3C[C@@H]3N)cn2)c1. The summed E-state index contributed by atoms with van der Waals surface area (Å²) in [6.07, 6.45) is 2.96. The Labute approximate surface area is 106 Å². The summed E-state index contributed by atoms with van der Waals surface area (Å²) in [4.78, 5) is 4.46. The summed E-state index contributed by atoms with van der Waals surface area (Å²) in [6, 6.07) is 9.87. The molecular weight excluding hydrogens is 224 g/mol. The summed E-state index contributed by atoms with van der Waals surface area (Å²) in [5.41, 5.74) is 9.89. The van der Waals surface area contributed by atoms with Gasteiger partial charge in [-0.15, -0.1) is 0 Å². The van der Waals surface area contributed by atoms with Crippen molar-refractivity contribution in [3.63, 3.8) is 0 Å². The van der Waals surface area contributed by atoms with E-state index < -0.39 is 0 Å². The number of nitrogens with two attached hydrogens (primary N) is 1. The molecule has 0 aliphatic heterocycles. The highest BCUT2D eigenvalue weighted by molar-refractivity contribution is 5.62. The molecule has 0 amide bonds. The highest BCUT2D eigenvalue weighted by Crippen LogP contribution is 2.39. The van der Waals surface area contributed by atoms with Crippen LogP contribution in [0.1, 0.15) is 23.5 Å². The Morgan fingerprint density at radius 1 is 1.28 bits per heavy atom. The second-order valence-electron chi connectivity index (χ2n) is 5.04. The van der Waals surface area contributed by atoms with Gasteiger partial charge in [0.2, 0.25) is 0 Å². The summed E-state index contributed by atoms with van der Waals surface area (Å²) in [5, 5.41) is 9.60. The summed E-state index contributed by atoms with van der Waals surface area (Å²) in [6.45, 7) is 1.96. The van der Waals surface area contributed by atoms with E-state index in [0.717, 1.165) is 23.2 Å². The van der Waals surface area contributed by atoms with Crippen LogP contribution >= 0.6 is 0 Å². The van der Waals surface area contributed by atoms with Crippen LogP contribution in [-0.4, -0.2) is 16.1 Å². The Balaban J connectivity index is 1.92. The summed E-state index contributed by atoms with van der Waals surface area (Å²) in [7, 11) is 0. The van der Waals surface area contributed by atoms with Gasteiger partial charge in [0.1, 0.15) is 5.75 Å². The van der Waals surface area contributed by atoms with Crippen molar-refractivity contribution in [2.45, 2.75) is 25.3 Å². The van der Waals surface area contributed by atoms with E-state index in [1.807, 2.05) is 25.3 Å². The van der Waals surface area contributed by atoms with Gasteiger partial charge in [-0.1, -0.05) is 6.07 Å². The number of aromatic hydroxyl groups is 1. The first kappa shape index (κ1) is 11.2. The minimum Gasteiger partial charge on any atom is -0.508 e. The van der Waals surface area contributed by atoms with E-state index >= 15 is 0 Å². The van der Waals surface area contributed by atoms with Gasteiger partial charge in [-0.3, -0.25) is 4.98 Å². The zero-order valence-electron chi connectivity index (χ0n) is 10.3. The molecule has 1 aromatic heterocycles.